The van der Waals surface area contributed by atoms with E-state index in [1.165, 1.54) is 35.6 Å². The molecule has 0 saturated heterocycles. The number of methoxy groups -OCH3 is 1. The molecule has 0 aliphatic carbocycles. The molecule has 0 saturated carbocycles. The van der Waals surface area contributed by atoms with E-state index in [9.17, 15) is 13.2 Å². The van der Waals surface area contributed by atoms with E-state index < -0.39 is 10.0 Å². The van der Waals surface area contributed by atoms with Gasteiger partial charge < -0.3 is 4.74 Å². The van der Waals surface area contributed by atoms with E-state index >= 15 is 0 Å². The molecule has 1 atom stereocenters. The highest BCUT2D eigenvalue weighted by molar-refractivity contribution is 7.89. The van der Waals surface area contributed by atoms with Gasteiger partial charge in [-0.1, -0.05) is 18.3 Å². The lowest BCUT2D eigenvalue weighted by atomic mass is 10.2. The van der Waals surface area contributed by atoms with Crippen LogP contribution in [0.15, 0.2) is 47.4 Å². The molecule has 3 rings (SSSR count). The Morgan fingerprint density at radius 1 is 1.21 bits per heavy atom. The van der Waals surface area contributed by atoms with Crippen LogP contribution in [0.1, 0.15) is 30.6 Å². The first-order chi connectivity index (χ1) is 13.3. The SMILES string of the molecule is CCC(C)NS(=O)(=O)c1ccc(C(=O)Nc2nc3ccc(OC)cc3s2)cc1. The van der Waals surface area contributed by atoms with E-state index in [2.05, 4.69) is 15.0 Å². The Kier molecular flexibility index (Phi) is 5.97. The van der Waals surface area contributed by atoms with Crippen LogP contribution in [0.5, 0.6) is 5.75 Å². The summed E-state index contributed by atoms with van der Waals surface area (Å²) >= 11 is 1.34. The Bertz CT molecular complexity index is 1090. The summed E-state index contributed by atoms with van der Waals surface area (Å²) in [4.78, 5) is 17.0. The van der Waals surface area contributed by atoms with Crippen LogP contribution in [0.3, 0.4) is 0 Å². The maximum atomic E-state index is 12.5. The highest BCUT2D eigenvalue weighted by Crippen LogP contribution is 2.29. The number of thiazole rings is 1. The van der Waals surface area contributed by atoms with Crippen LogP contribution in [-0.4, -0.2) is 32.5 Å². The minimum absolute atomic E-state index is 0.122. The minimum Gasteiger partial charge on any atom is -0.497 e. The Morgan fingerprint density at radius 2 is 1.93 bits per heavy atom. The fourth-order valence-corrected chi connectivity index (χ4v) is 4.67. The van der Waals surface area contributed by atoms with Crippen molar-refractivity contribution in [3.05, 3.63) is 48.0 Å². The van der Waals surface area contributed by atoms with E-state index in [4.69, 9.17) is 4.74 Å². The van der Waals surface area contributed by atoms with Crippen LogP contribution >= 0.6 is 11.3 Å². The Hall–Kier alpha value is -2.49. The fourth-order valence-electron chi connectivity index (χ4n) is 2.46. The van der Waals surface area contributed by atoms with Crippen LogP contribution in [0.2, 0.25) is 0 Å². The number of fused-ring (bicyclic) bond motifs is 1. The number of sulfonamides is 1. The number of hydrogen-bond acceptors (Lipinski definition) is 6. The zero-order chi connectivity index (χ0) is 20.3. The Labute approximate surface area is 167 Å². The van der Waals surface area contributed by atoms with Gasteiger partial charge in [-0.05, 0) is 55.8 Å². The summed E-state index contributed by atoms with van der Waals surface area (Å²) in [7, 11) is -2.01. The average Bonchev–Trinajstić information content (AvgIpc) is 3.08. The molecule has 1 heterocycles. The van der Waals surface area contributed by atoms with Crippen molar-refractivity contribution in [3.63, 3.8) is 0 Å². The van der Waals surface area contributed by atoms with Crippen molar-refractivity contribution in [3.8, 4) is 5.75 Å². The first-order valence-corrected chi connectivity index (χ1v) is 11.0. The molecule has 148 valence electrons. The Balaban J connectivity index is 1.74. The summed E-state index contributed by atoms with van der Waals surface area (Å²) in [5, 5.41) is 3.21. The smallest absolute Gasteiger partial charge is 0.257 e. The predicted octanol–water partition coefficient (Wildman–Crippen LogP) is 3.63. The van der Waals surface area contributed by atoms with Crippen molar-refractivity contribution in [1.29, 1.82) is 0 Å². The third kappa shape index (κ3) is 4.49. The van der Waals surface area contributed by atoms with Crippen LogP contribution in [-0.2, 0) is 10.0 Å². The maximum absolute atomic E-state index is 12.5. The summed E-state index contributed by atoms with van der Waals surface area (Å²) in [6.07, 6.45) is 0.688. The zero-order valence-electron chi connectivity index (χ0n) is 15.7. The zero-order valence-corrected chi connectivity index (χ0v) is 17.4. The lowest BCUT2D eigenvalue weighted by molar-refractivity contribution is 0.102. The fraction of sp³-hybridized carbons (Fsp3) is 0.263. The molecule has 0 bridgehead atoms. The molecule has 2 aromatic carbocycles. The molecule has 3 aromatic rings. The number of carbonyl (C=O) groups is 1. The molecule has 0 radical (unpaired) electrons. The van der Waals surface area contributed by atoms with Crippen molar-refractivity contribution >= 4 is 42.6 Å². The van der Waals surface area contributed by atoms with Crippen LogP contribution in [0.25, 0.3) is 10.2 Å². The third-order valence-electron chi connectivity index (χ3n) is 4.21. The van der Waals surface area contributed by atoms with E-state index in [0.29, 0.717) is 17.1 Å². The summed E-state index contributed by atoms with van der Waals surface area (Å²) in [6.45, 7) is 3.70. The molecule has 1 amide bonds. The van der Waals surface area contributed by atoms with Crippen LogP contribution in [0, 0.1) is 0 Å². The van der Waals surface area contributed by atoms with Crippen molar-refractivity contribution < 1.29 is 17.9 Å². The highest BCUT2D eigenvalue weighted by atomic mass is 32.2. The molecule has 1 aromatic heterocycles. The summed E-state index contributed by atoms with van der Waals surface area (Å²) in [6, 6.07) is 11.1. The lowest BCUT2D eigenvalue weighted by Crippen LogP contribution is -2.32. The van der Waals surface area contributed by atoms with Gasteiger partial charge in [-0.15, -0.1) is 0 Å². The molecule has 1 unspecified atom stereocenters. The lowest BCUT2D eigenvalue weighted by Gasteiger charge is -2.12. The number of nitrogens with one attached hydrogen (secondary N) is 2. The molecule has 0 aliphatic rings. The maximum Gasteiger partial charge on any atom is 0.257 e. The number of ether oxygens (including phenoxy) is 1. The average molecular weight is 420 g/mol. The molecule has 9 heteroatoms. The molecule has 0 spiro atoms. The molecule has 0 fully saturated rings. The van der Waals surface area contributed by atoms with Crippen molar-refractivity contribution in [1.82, 2.24) is 9.71 Å². The second-order valence-corrected chi connectivity index (χ2v) is 9.01. The molecule has 28 heavy (non-hydrogen) atoms. The first kappa shape index (κ1) is 20.2. The second kappa shape index (κ2) is 8.26. The standard InChI is InChI=1S/C19H21N3O4S2/c1-4-12(2)22-28(24,25)15-8-5-13(6-9-15)18(23)21-19-20-16-10-7-14(26-3)11-17(16)27-19/h5-12,22H,4H2,1-3H3,(H,20,21,23). The number of rotatable bonds is 7. The number of aromatic nitrogens is 1. The van der Waals surface area contributed by atoms with Gasteiger partial charge in [0.25, 0.3) is 5.91 Å². The summed E-state index contributed by atoms with van der Waals surface area (Å²) in [5.41, 5.74) is 1.11. The number of benzene rings is 2. The normalized spacial score (nSPS) is 12.7. The van der Waals surface area contributed by atoms with E-state index in [1.54, 1.807) is 20.1 Å². The second-order valence-electron chi connectivity index (χ2n) is 6.26. The van der Waals surface area contributed by atoms with Crippen molar-refractivity contribution in [2.45, 2.75) is 31.2 Å². The number of anilines is 1. The van der Waals surface area contributed by atoms with Gasteiger partial charge >= 0.3 is 0 Å². The largest absolute Gasteiger partial charge is 0.497 e. The van der Waals surface area contributed by atoms with Gasteiger partial charge in [-0.2, -0.15) is 0 Å². The Morgan fingerprint density at radius 3 is 2.57 bits per heavy atom. The number of amides is 1. The van der Waals surface area contributed by atoms with Gasteiger partial charge in [0.15, 0.2) is 5.13 Å². The van der Waals surface area contributed by atoms with E-state index in [0.717, 1.165) is 16.0 Å². The number of carbonyl (C=O) groups excluding carboxylic acids is 1. The molecular weight excluding hydrogens is 398 g/mol. The van der Waals surface area contributed by atoms with Gasteiger partial charge in [0.2, 0.25) is 10.0 Å². The molecule has 2 N–H and O–H groups in total. The molecular formula is C19H21N3O4S2. The van der Waals surface area contributed by atoms with Gasteiger partial charge in [0.05, 0.1) is 22.2 Å². The van der Waals surface area contributed by atoms with Gasteiger partial charge in [-0.3, -0.25) is 10.1 Å². The summed E-state index contributed by atoms with van der Waals surface area (Å²) < 4.78 is 33.3. The van der Waals surface area contributed by atoms with Gasteiger partial charge in [-0.25, -0.2) is 18.1 Å². The van der Waals surface area contributed by atoms with E-state index in [1.807, 2.05) is 19.1 Å². The number of nitrogens with zero attached hydrogens (tertiary/aromatic N) is 1. The minimum atomic E-state index is -3.60. The monoisotopic (exact) mass is 419 g/mol. The van der Waals surface area contributed by atoms with E-state index in [-0.39, 0.29) is 16.8 Å². The van der Waals surface area contributed by atoms with Crippen LogP contribution < -0.4 is 14.8 Å². The van der Waals surface area contributed by atoms with Gasteiger partial charge in [0, 0.05) is 11.6 Å². The first-order valence-electron chi connectivity index (χ1n) is 8.70. The molecule has 7 nitrogen and oxygen atoms in total. The molecule has 0 aliphatic heterocycles. The van der Waals surface area contributed by atoms with Gasteiger partial charge in [0.1, 0.15) is 5.75 Å². The third-order valence-corrected chi connectivity index (χ3v) is 6.75. The van der Waals surface area contributed by atoms with Crippen molar-refractivity contribution in [2.75, 3.05) is 12.4 Å². The summed E-state index contributed by atoms with van der Waals surface area (Å²) in [5.74, 6) is 0.363. The predicted molar refractivity (Wildman–Crippen MR) is 111 cm³/mol. The van der Waals surface area contributed by atoms with Crippen molar-refractivity contribution in [2.24, 2.45) is 0 Å². The quantitative estimate of drug-likeness (QED) is 0.609. The number of hydrogen-bond donors (Lipinski definition) is 2. The highest BCUT2D eigenvalue weighted by Gasteiger charge is 2.17. The van der Waals surface area contributed by atoms with Crippen LogP contribution in [0.4, 0.5) is 5.13 Å². The topological polar surface area (TPSA) is 97.4 Å².